The van der Waals surface area contributed by atoms with Gasteiger partial charge in [0.15, 0.2) is 0 Å². The molecule has 6 heteroatoms. The third-order valence-electron chi connectivity index (χ3n) is 3.71. The van der Waals surface area contributed by atoms with Crippen molar-refractivity contribution < 1.29 is 9.53 Å². The Morgan fingerprint density at radius 1 is 1.38 bits per heavy atom. The molecule has 1 aromatic carbocycles. The summed E-state index contributed by atoms with van der Waals surface area (Å²) in [6.07, 6.45) is 0. The predicted octanol–water partition coefficient (Wildman–Crippen LogP) is 3.55. The van der Waals surface area contributed by atoms with Crippen LogP contribution in [0.1, 0.15) is 24.3 Å². The number of ether oxygens (including phenoxy) is 1. The first-order valence-electron chi connectivity index (χ1n) is 7.94. The van der Waals surface area contributed by atoms with Gasteiger partial charge in [-0.3, -0.25) is 4.79 Å². The van der Waals surface area contributed by atoms with E-state index in [-0.39, 0.29) is 11.9 Å². The number of hydrogen-bond donors (Lipinski definition) is 1. The highest BCUT2D eigenvalue weighted by molar-refractivity contribution is 7.13. The molecule has 0 aliphatic rings. The predicted molar refractivity (Wildman–Crippen MR) is 97.5 cm³/mol. The average Bonchev–Trinajstić information content (AvgIpc) is 3.17. The Bertz CT molecular complexity index is 851. The van der Waals surface area contributed by atoms with Crippen LogP contribution in [0.2, 0.25) is 0 Å². The number of carbonyl (C=O) groups excluding carboxylic acids is 1. The third-order valence-corrected chi connectivity index (χ3v) is 4.57. The molecule has 0 saturated heterocycles. The average molecular weight is 343 g/mol. The van der Waals surface area contributed by atoms with Crippen molar-refractivity contribution in [1.82, 2.24) is 14.9 Å². The largest absolute Gasteiger partial charge is 0.383 e. The van der Waals surface area contributed by atoms with Gasteiger partial charge in [-0.25, -0.2) is 4.98 Å². The molecule has 0 bridgehead atoms. The van der Waals surface area contributed by atoms with Gasteiger partial charge < -0.3 is 14.6 Å². The maximum absolute atomic E-state index is 12.1. The molecule has 5 nitrogen and oxygen atoms in total. The molecular formula is C18H21N3O2S. The molecule has 0 unspecified atom stereocenters. The van der Waals surface area contributed by atoms with Crippen LogP contribution in [0.3, 0.4) is 0 Å². The number of hydrogen-bond acceptors (Lipinski definition) is 4. The van der Waals surface area contributed by atoms with E-state index in [1.54, 1.807) is 7.11 Å². The molecule has 0 fully saturated rings. The first-order valence-corrected chi connectivity index (χ1v) is 8.82. The molecule has 0 saturated carbocycles. The van der Waals surface area contributed by atoms with Crippen molar-refractivity contribution in [3.05, 3.63) is 41.4 Å². The standard InChI is InChI=1S/C18H21N3O2S/c1-12(2)19-17(22)14-11-24-18(20-14)16-10-13-6-4-5-7-15(13)21(16)8-9-23-3/h4-7,10-12H,8-9H2,1-3H3,(H,19,22). The number of thiazole rings is 1. The van der Waals surface area contributed by atoms with Crippen LogP contribution in [0, 0.1) is 0 Å². The highest BCUT2D eigenvalue weighted by Gasteiger charge is 2.16. The molecule has 1 N–H and O–H groups in total. The summed E-state index contributed by atoms with van der Waals surface area (Å²) in [6, 6.07) is 10.4. The number of methoxy groups -OCH3 is 1. The van der Waals surface area contributed by atoms with E-state index in [0.29, 0.717) is 12.3 Å². The van der Waals surface area contributed by atoms with Crippen molar-refractivity contribution >= 4 is 28.1 Å². The van der Waals surface area contributed by atoms with E-state index < -0.39 is 0 Å². The molecule has 2 heterocycles. The molecular weight excluding hydrogens is 322 g/mol. The van der Waals surface area contributed by atoms with Crippen LogP contribution in [0.15, 0.2) is 35.7 Å². The zero-order valence-corrected chi connectivity index (χ0v) is 14.9. The Balaban J connectivity index is 1.99. The molecule has 2 aromatic heterocycles. The van der Waals surface area contributed by atoms with Gasteiger partial charge in [-0.15, -0.1) is 11.3 Å². The summed E-state index contributed by atoms with van der Waals surface area (Å²) in [4.78, 5) is 16.7. The summed E-state index contributed by atoms with van der Waals surface area (Å²) in [7, 11) is 1.70. The Morgan fingerprint density at radius 2 is 2.17 bits per heavy atom. The summed E-state index contributed by atoms with van der Waals surface area (Å²) in [5.74, 6) is -0.132. The lowest BCUT2D eigenvalue weighted by atomic mass is 10.2. The van der Waals surface area contributed by atoms with E-state index in [1.807, 2.05) is 31.4 Å². The van der Waals surface area contributed by atoms with E-state index in [4.69, 9.17) is 4.74 Å². The summed E-state index contributed by atoms with van der Waals surface area (Å²) >= 11 is 1.49. The molecule has 0 aliphatic carbocycles. The summed E-state index contributed by atoms with van der Waals surface area (Å²) < 4.78 is 7.44. The zero-order chi connectivity index (χ0) is 17.1. The lowest BCUT2D eigenvalue weighted by Crippen LogP contribution is -2.30. The van der Waals surface area contributed by atoms with Crippen LogP contribution in [0.25, 0.3) is 21.6 Å². The number of nitrogens with one attached hydrogen (secondary N) is 1. The molecule has 24 heavy (non-hydrogen) atoms. The first-order chi connectivity index (χ1) is 11.6. The molecule has 3 aromatic rings. The molecule has 126 valence electrons. The molecule has 3 rings (SSSR count). The lowest BCUT2D eigenvalue weighted by molar-refractivity contribution is 0.0939. The maximum Gasteiger partial charge on any atom is 0.270 e. The molecule has 0 radical (unpaired) electrons. The van der Waals surface area contributed by atoms with Gasteiger partial charge in [0.05, 0.1) is 12.3 Å². The van der Waals surface area contributed by atoms with Crippen molar-refractivity contribution in [3.63, 3.8) is 0 Å². The Morgan fingerprint density at radius 3 is 2.92 bits per heavy atom. The van der Waals surface area contributed by atoms with E-state index in [9.17, 15) is 4.79 Å². The number of fused-ring (bicyclic) bond motifs is 1. The number of para-hydroxylation sites is 1. The minimum atomic E-state index is -0.132. The van der Waals surface area contributed by atoms with Crippen LogP contribution in [0.5, 0.6) is 0 Å². The second-order valence-corrected chi connectivity index (χ2v) is 6.76. The van der Waals surface area contributed by atoms with Gasteiger partial charge in [0.2, 0.25) is 0 Å². The number of benzene rings is 1. The molecule has 1 amide bonds. The van der Waals surface area contributed by atoms with Gasteiger partial charge in [-0.1, -0.05) is 18.2 Å². The SMILES string of the molecule is COCCn1c(-c2nc(C(=O)NC(C)C)cs2)cc2ccccc21. The Kier molecular flexibility index (Phi) is 4.97. The fourth-order valence-electron chi connectivity index (χ4n) is 2.64. The Hall–Kier alpha value is -2.18. The minimum Gasteiger partial charge on any atom is -0.383 e. The van der Waals surface area contributed by atoms with Crippen molar-refractivity contribution in [2.75, 3.05) is 13.7 Å². The van der Waals surface area contributed by atoms with Crippen LogP contribution in [-0.4, -0.2) is 35.2 Å². The summed E-state index contributed by atoms with van der Waals surface area (Å²) in [5, 5.41) is 6.69. The van der Waals surface area contributed by atoms with Gasteiger partial charge in [0, 0.05) is 36.0 Å². The van der Waals surface area contributed by atoms with Crippen LogP contribution >= 0.6 is 11.3 Å². The van der Waals surface area contributed by atoms with Crippen molar-refractivity contribution in [2.24, 2.45) is 0 Å². The zero-order valence-electron chi connectivity index (χ0n) is 14.1. The first kappa shape index (κ1) is 16.7. The van der Waals surface area contributed by atoms with E-state index in [1.165, 1.54) is 11.3 Å². The van der Waals surface area contributed by atoms with E-state index in [2.05, 4.69) is 33.1 Å². The van der Waals surface area contributed by atoms with Crippen LogP contribution < -0.4 is 5.32 Å². The van der Waals surface area contributed by atoms with Crippen molar-refractivity contribution in [1.29, 1.82) is 0 Å². The number of carbonyl (C=O) groups is 1. The fourth-order valence-corrected chi connectivity index (χ4v) is 3.47. The van der Waals surface area contributed by atoms with Gasteiger partial charge in [0.25, 0.3) is 5.91 Å². The minimum absolute atomic E-state index is 0.0933. The monoisotopic (exact) mass is 343 g/mol. The second-order valence-electron chi connectivity index (χ2n) is 5.90. The van der Waals surface area contributed by atoms with Crippen molar-refractivity contribution in [3.8, 4) is 10.7 Å². The summed E-state index contributed by atoms with van der Waals surface area (Å²) in [6.45, 7) is 5.24. The van der Waals surface area contributed by atoms with Crippen molar-refractivity contribution in [2.45, 2.75) is 26.4 Å². The normalized spacial score (nSPS) is 11.3. The second kappa shape index (κ2) is 7.15. The van der Waals surface area contributed by atoms with Gasteiger partial charge in [-0.05, 0) is 26.0 Å². The van der Waals surface area contributed by atoms with Crippen LogP contribution in [0.4, 0.5) is 0 Å². The van der Waals surface area contributed by atoms with Gasteiger partial charge in [0.1, 0.15) is 10.7 Å². The Labute approximate surface area is 145 Å². The third kappa shape index (κ3) is 3.34. The summed E-state index contributed by atoms with van der Waals surface area (Å²) in [5.41, 5.74) is 2.63. The van der Waals surface area contributed by atoms with Crippen LogP contribution in [-0.2, 0) is 11.3 Å². The fraction of sp³-hybridized carbons (Fsp3) is 0.333. The van der Waals surface area contributed by atoms with E-state index in [0.717, 1.165) is 28.1 Å². The number of amides is 1. The maximum atomic E-state index is 12.1. The van der Waals surface area contributed by atoms with Gasteiger partial charge >= 0.3 is 0 Å². The molecule has 0 atom stereocenters. The van der Waals surface area contributed by atoms with Gasteiger partial charge in [-0.2, -0.15) is 0 Å². The number of aromatic nitrogens is 2. The topological polar surface area (TPSA) is 56.2 Å². The number of nitrogens with zero attached hydrogens (tertiary/aromatic N) is 2. The smallest absolute Gasteiger partial charge is 0.270 e. The highest BCUT2D eigenvalue weighted by atomic mass is 32.1. The highest BCUT2D eigenvalue weighted by Crippen LogP contribution is 2.30. The van der Waals surface area contributed by atoms with E-state index >= 15 is 0 Å². The molecule has 0 spiro atoms. The quantitative estimate of drug-likeness (QED) is 0.745. The number of rotatable bonds is 6. The molecule has 0 aliphatic heterocycles. The lowest BCUT2D eigenvalue weighted by Gasteiger charge is -2.08.